The number of rotatable bonds is 3. The van der Waals surface area contributed by atoms with Crippen LogP contribution < -0.4 is 0 Å². The van der Waals surface area contributed by atoms with Crippen LogP contribution in [0.2, 0.25) is 0 Å². The first kappa shape index (κ1) is 12.8. The Hall–Kier alpha value is -1.68. The lowest BCUT2D eigenvalue weighted by Crippen LogP contribution is -2.47. The number of hydrogen-bond acceptors (Lipinski definition) is 3. The highest BCUT2D eigenvalue weighted by Crippen LogP contribution is 2.08. The van der Waals surface area contributed by atoms with E-state index in [2.05, 4.69) is 11.9 Å². The van der Waals surface area contributed by atoms with Crippen molar-refractivity contribution >= 4 is 12.2 Å². The van der Waals surface area contributed by atoms with Gasteiger partial charge in [0.1, 0.15) is 6.29 Å². The van der Waals surface area contributed by atoms with Crippen molar-refractivity contribution in [3.63, 3.8) is 0 Å². The van der Waals surface area contributed by atoms with Gasteiger partial charge in [-0.15, -0.1) is 0 Å². The van der Waals surface area contributed by atoms with E-state index in [1.54, 1.807) is 12.1 Å². The summed E-state index contributed by atoms with van der Waals surface area (Å²) in [6, 6.07) is 7.23. The van der Waals surface area contributed by atoms with Gasteiger partial charge in [-0.3, -0.25) is 9.59 Å². The Morgan fingerprint density at radius 3 is 2.67 bits per heavy atom. The van der Waals surface area contributed by atoms with E-state index in [9.17, 15) is 9.59 Å². The smallest absolute Gasteiger partial charge is 0.227 e. The van der Waals surface area contributed by atoms with Gasteiger partial charge in [-0.1, -0.05) is 18.2 Å². The maximum absolute atomic E-state index is 12.1. The summed E-state index contributed by atoms with van der Waals surface area (Å²) >= 11 is 0. The first-order valence-corrected chi connectivity index (χ1v) is 6.19. The molecule has 4 nitrogen and oxygen atoms in total. The van der Waals surface area contributed by atoms with Crippen molar-refractivity contribution in [1.82, 2.24) is 9.80 Å². The minimum atomic E-state index is 0.145. The summed E-state index contributed by atoms with van der Waals surface area (Å²) in [6.45, 7) is 3.45. The van der Waals surface area contributed by atoms with Gasteiger partial charge in [-0.05, 0) is 18.7 Å². The van der Waals surface area contributed by atoms with Crippen LogP contribution in [0.3, 0.4) is 0 Å². The monoisotopic (exact) mass is 246 g/mol. The van der Waals surface area contributed by atoms with E-state index in [0.29, 0.717) is 12.0 Å². The molecule has 1 aliphatic heterocycles. The SMILES string of the molecule is CN1CCN(C(=O)Cc2cccc(C=O)c2)CC1. The number of carbonyl (C=O) groups excluding carboxylic acids is 2. The van der Waals surface area contributed by atoms with Gasteiger partial charge in [0.2, 0.25) is 5.91 Å². The molecular weight excluding hydrogens is 228 g/mol. The molecule has 96 valence electrons. The lowest BCUT2D eigenvalue weighted by Gasteiger charge is -2.32. The second-order valence-electron chi connectivity index (χ2n) is 4.72. The van der Waals surface area contributed by atoms with Crippen LogP contribution in [0.4, 0.5) is 0 Å². The van der Waals surface area contributed by atoms with Crippen LogP contribution in [0.15, 0.2) is 24.3 Å². The highest BCUT2D eigenvalue weighted by atomic mass is 16.2. The molecule has 18 heavy (non-hydrogen) atoms. The normalized spacial score (nSPS) is 16.6. The molecule has 1 aromatic carbocycles. The Kier molecular flexibility index (Phi) is 4.10. The zero-order valence-corrected chi connectivity index (χ0v) is 10.6. The first-order valence-electron chi connectivity index (χ1n) is 6.19. The van der Waals surface area contributed by atoms with Crippen molar-refractivity contribution in [1.29, 1.82) is 0 Å². The molecule has 0 unspecified atom stereocenters. The number of likely N-dealkylation sites (N-methyl/N-ethyl adjacent to an activating group) is 1. The Bertz CT molecular complexity index is 437. The maximum atomic E-state index is 12.1. The summed E-state index contributed by atoms with van der Waals surface area (Å²) in [5, 5.41) is 0. The van der Waals surface area contributed by atoms with Crippen LogP contribution in [-0.4, -0.2) is 55.2 Å². The Morgan fingerprint density at radius 1 is 1.28 bits per heavy atom. The molecular formula is C14H18N2O2. The molecule has 0 bridgehead atoms. The third-order valence-electron chi connectivity index (χ3n) is 3.30. The van der Waals surface area contributed by atoms with E-state index in [1.165, 1.54) is 0 Å². The molecule has 0 aliphatic carbocycles. The third kappa shape index (κ3) is 3.17. The zero-order valence-electron chi connectivity index (χ0n) is 10.6. The zero-order chi connectivity index (χ0) is 13.0. The van der Waals surface area contributed by atoms with Gasteiger partial charge in [0.15, 0.2) is 0 Å². The van der Waals surface area contributed by atoms with Crippen molar-refractivity contribution in [2.24, 2.45) is 0 Å². The number of aldehydes is 1. The molecule has 0 atom stereocenters. The van der Waals surface area contributed by atoms with Gasteiger partial charge >= 0.3 is 0 Å². The summed E-state index contributed by atoms with van der Waals surface area (Å²) in [5.74, 6) is 0.145. The molecule has 4 heteroatoms. The van der Waals surface area contributed by atoms with Crippen LogP contribution >= 0.6 is 0 Å². The molecule has 0 radical (unpaired) electrons. The van der Waals surface area contributed by atoms with E-state index in [1.807, 2.05) is 17.0 Å². The second-order valence-corrected chi connectivity index (χ2v) is 4.72. The van der Waals surface area contributed by atoms with Crippen LogP contribution in [-0.2, 0) is 11.2 Å². The van der Waals surface area contributed by atoms with Crippen molar-refractivity contribution in [3.8, 4) is 0 Å². The van der Waals surface area contributed by atoms with Crippen molar-refractivity contribution in [2.45, 2.75) is 6.42 Å². The topological polar surface area (TPSA) is 40.6 Å². The van der Waals surface area contributed by atoms with Gasteiger partial charge in [0.05, 0.1) is 6.42 Å². The molecule has 1 amide bonds. The molecule has 1 aliphatic rings. The fourth-order valence-electron chi connectivity index (χ4n) is 2.12. The summed E-state index contributed by atoms with van der Waals surface area (Å²) in [5.41, 5.74) is 1.53. The van der Waals surface area contributed by atoms with Crippen LogP contribution in [0.5, 0.6) is 0 Å². The third-order valence-corrected chi connectivity index (χ3v) is 3.30. The van der Waals surface area contributed by atoms with Gasteiger partial charge in [-0.2, -0.15) is 0 Å². The predicted molar refractivity (Wildman–Crippen MR) is 69.6 cm³/mol. The molecule has 1 saturated heterocycles. The minimum absolute atomic E-state index is 0.145. The molecule has 0 spiro atoms. The fourth-order valence-corrected chi connectivity index (χ4v) is 2.12. The molecule has 1 fully saturated rings. The van der Waals surface area contributed by atoms with Gasteiger partial charge in [-0.25, -0.2) is 0 Å². The Morgan fingerprint density at radius 2 is 2.00 bits per heavy atom. The highest BCUT2D eigenvalue weighted by Gasteiger charge is 2.18. The second kappa shape index (κ2) is 5.78. The predicted octanol–water partition coefficient (Wildman–Crippen LogP) is 0.816. The van der Waals surface area contributed by atoms with E-state index < -0.39 is 0 Å². The van der Waals surface area contributed by atoms with E-state index in [-0.39, 0.29) is 5.91 Å². The average Bonchev–Trinajstić information content (AvgIpc) is 2.39. The van der Waals surface area contributed by atoms with Gasteiger partial charge < -0.3 is 9.80 Å². The number of benzene rings is 1. The van der Waals surface area contributed by atoms with Crippen molar-refractivity contribution in [2.75, 3.05) is 33.2 Å². The molecule has 2 rings (SSSR count). The summed E-state index contributed by atoms with van der Waals surface area (Å²) in [7, 11) is 2.06. The summed E-state index contributed by atoms with van der Waals surface area (Å²) in [4.78, 5) is 26.9. The molecule has 1 aromatic rings. The number of amides is 1. The number of hydrogen-bond donors (Lipinski definition) is 0. The molecule has 0 aromatic heterocycles. The van der Waals surface area contributed by atoms with E-state index in [4.69, 9.17) is 0 Å². The average molecular weight is 246 g/mol. The minimum Gasteiger partial charge on any atom is -0.340 e. The highest BCUT2D eigenvalue weighted by molar-refractivity contribution is 5.80. The molecule has 0 saturated carbocycles. The largest absolute Gasteiger partial charge is 0.340 e. The van der Waals surface area contributed by atoms with Crippen molar-refractivity contribution < 1.29 is 9.59 Å². The quantitative estimate of drug-likeness (QED) is 0.741. The lowest BCUT2D eigenvalue weighted by atomic mass is 10.1. The van der Waals surface area contributed by atoms with Crippen LogP contribution in [0, 0.1) is 0 Å². The van der Waals surface area contributed by atoms with Crippen LogP contribution in [0.25, 0.3) is 0 Å². The molecule has 1 heterocycles. The molecule has 0 N–H and O–H groups in total. The Labute approximate surface area is 107 Å². The van der Waals surface area contributed by atoms with Gasteiger partial charge in [0, 0.05) is 31.7 Å². The number of piperazine rings is 1. The van der Waals surface area contributed by atoms with Crippen LogP contribution in [0.1, 0.15) is 15.9 Å². The van der Waals surface area contributed by atoms with E-state index in [0.717, 1.165) is 38.0 Å². The number of nitrogens with zero attached hydrogens (tertiary/aromatic N) is 2. The van der Waals surface area contributed by atoms with E-state index >= 15 is 0 Å². The first-order chi connectivity index (χ1) is 8.69. The summed E-state index contributed by atoms with van der Waals surface area (Å²) < 4.78 is 0. The standard InChI is InChI=1S/C14H18N2O2/c1-15-5-7-16(8-6-15)14(18)10-12-3-2-4-13(9-12)11-17/h2-4,9,11H,5-8,10H2,1H3. The fraction of sp³-hybridized carbons (Fsp3) is 0.429. The van der Waals surface area contributed by atoms with Crippen molar-refractivity contribution in [3.05, 3.63) is 35.4 Å². The number of carbonyl (C=O) groups is 2. The summed E-state index contributed by atoms with van der Waals surface area (Å²) in [6.07, 6.45) is 1.19. The maximum Gasteiger partial charge on any atom is 0.227 e. The Balaban J connectivity index is 1.96. The lowest BCUT2D eigenvalue weighted by molar-refractivity contribution is -0.132. The van der Waals surface area contributed by atoms with Gasteiger partial charge in [0.25, 0.3) is 0 Å².